The normalized spacial score (nSPS) is 32.5. The van der Waals surface area contributed by atoms with Crippen molar-refractivity contribution in [3.05, 3.63) is 64.7 Å². The van der Waals surface area contributed by atoms with E-state index in [2.05, 4.69) is 19.1 Å². The van der Waals surface area contributed by atoms with Gasteiger partial charge in [0.25, 0.3) is 0 Å². The van der Waals surface area contributed by atoms with E-state index in [0.29, 0.717) is 43.4 Å². The van der Waals surface area contributed by atoms with Gasteiger partial charge in [-0.1, -0.05) is 30.3 Å². The maximum absolute atomic E-state index is 14.3. The smallest absolute Gasteiger partial charge is 0.233 e. The second kappa shape index (κ2) is 7.83. The number of anilines is 3. The highest BCUT2D eigenvalue weighted by molar-refractivity contribution is 6.20. The minimum atomic E-state index is -0.502. The molecule has 8 heteroatoms. The first-order valence-electron chi connectivity index (χ1n) is 14.8. The molecule has 3 saturated carbocycles. The van der Waals surface area contributed by atoms with Gasteiger partial charge >= 0.3 is 0 Å². The zero-order valence-corrected chi connectivity index (χ0v) is 24.9. The number of benzene rings is 3. The fourth-order valence-electron chi connectivity index (χ4n) is 9.78. The molecule has 1 spiro atoms. The van der Waals surface area contributed by atoms with Gasteiger partial charge < -0.3 is 20.6 Å². The van der Waals surface area contributed by atoms with Crippen LogP contribution < -0.4 is 15.5 Å². The van der Waals surface area contributed by atoms with Crippen molar-refractivity contribution >= 4 is 68.4 Å². The molecule has 3 fully saturated rings. The Balaban J connectivity index is 1.04. The van der Waals surface area contributed by atoms with Crippen molar-refractivity contribution in [2.45, 2.75) is 44.4 Å². The van der Waals surface area contributed by atoms with Crippen LogP contribution in [0.2, 0.25) is 0 Å². The first-order chi connectivity index (χ1) is 20.2. The predicted octanol–water partition coefficient (Wildman–Crippen LogP) is 6.30. The molecule has 214 valence electrons. The van der Waals surface area contributed by atoms with Gasteiger partial charge in [0, 0.05) is 70.5 Å². The van der Waals surface area contributed by atoms with E-state index in [1.54, 1.807) is 6.07 Å². The number of carbonyl (C=O) groups is 2. The van der Waals surface area contributed by atoms with Crippen LogP contribution in [0, 0.1) is 16.2 Å². The summed E-state index contributed by atoms with van der Waals surface area (Å²) in [4.78, 5) is 32.5. The number of phenolic OH excluding ortho intramolecular Hbond substituents is 1. The topological polar surface area (TPSA) is 86.9 Å². The number of amides is 2. The number of nitrogens with two attached hydrogens (primary N) is 1. The molecule has 6 nitrogen and oxygen atoms in total. The number of nitrogen functional groups attached to an aromatic ring is 1. The lowest BCUT2D eigenvalue weighted by molar-refractivity contribution is -0.134. The third kappa shape index (κ3) is 2.67. The molecule has 2 amide bonds. The van der Waals surface area contributed by atoms with Crippen molar-refractivity contribution < 1.29 is 14.7 Å². The number of hydrogen-bond donors (Lipinski definition) is 2. The van der Waals surface area contributed by atoms with E-state index < -0.39 is 10.8 Å². The molecule has 3 N–H and O–H groups in total. The second-order valence-electron chi connectivity index (χ2n) is 13.5. The van der Waals surface area contributed by atoms with E-state index in [1.807, 2.05) is 34.1 Å². The number of halogens is 2. The van der Waals surface area contributed by atoms with Gasteiger partial charge in [0.15, 0.2) is 0 Å². The van der Waals surface area contributed by atoms with E-state index >= 15 is 0 Å². The number of hydrogen-bond acceptors (Lipinski definition) is 4. The minimum Gasteiger partial charge on any atom is -0.508 e. The number of carbonyl (C=O) groups excluding carboxylic acids is 2. The standard InChI is InChI=1S/C34H31Cl2N3O3/c1-17-6-7-22-26(40)9-25-29(27(17)22)19(11-36)13-39(25)31(42)33-14-32(15-34(32,33)16-33)30(41)38-12-18(10-35)28-21-5-3-2-4-20(21)23(37)8-24(28)38/h2-6,8-9,18-19,40H,7,10-16,37H2,1H3. The number of fused-ring (bicyclic) bond motifs is 6. The molecule has 5 atom stereocenters. The predicted molar refractivity (Wildman–Crippen MR) is 167 cm³/mol. The van der Waals surface area contributed by atoms with Crippen LogP contribution >= 0.6 is 23.2 Å². The molecule has 6 aliphatic rings. The summed E-state index contributed by atoms with van der Waals surface area (Å²) in [7, 11) is 0. The van der Waals surface area contributed by atoms with Crippen LogP contribution in [0.15, 0.2) is 42.5 Å². The maximum atomic E-state index is 14.3. The van der Waals surface area contributed by atoms with Gasteiger partial charge in [-0.2, -0.15) is 0 Å². The SMILES string of the molecule is CC1=CCc2c(O)cc3c(c21)C(CCl)CN3C(=O)C12CC3(C(=O)N4CC(CCl)c5c4cc(N)c4ccccc54)CC13C2. The molecular formula is C34H31Cl2N3O3. The van der Waals surface area contributed by atoms with Gasteiger partial charge in [0.1, 0.15) is 5.75 Å². The van der Waals surface area contributed by atoms with Crippen LogP contribution in [-0.4, -0.2) is 41.8 Å². The van der Waals surface area contributed by atoms with Crippen molar-refractivity contribution in [3.8, 4) is 5.75 Å². The zero-order chi connectivity index (χ0) is 28.9. The Bertz CT molecular complexity index is 1850. The Morgan fingerprint density at radius 3 is 2.14 bits per heavy atom. The van der Waals surface area contributed by atoms with Crippen LogP contribution in [0.3, 0.4) is 0 Å². The summed E-state index contributed by atoms with van der Waals surface area (Å²) in [6, 6.07) is 11.8. The molecule has 3 aromatic carbocycles. The Morgan fingerprint density at radius 2 is 1.52 bits per heavy atom. The van der Waals surface area contributed by atoms with Gasteiger partial charge in [-0.25, -0.2) is 0 Å². The summed E-state index contributed by atoms with van der Waals surface area (Å²) in [5, 5.41) is 12.9. The lowest BCUT2D eigenvalue weighted by atomic mass is 9.72. The van der Waals surface area contributed by atoms with E-state index in [0.717, 1.165) is 62.8 Å². The molecule has 4 aliphatic carbocycles. The Morgan fingerprint density at radius 1 is 0.929 bits per heavy atom. The number of aromatic hydroxyl groups is 1. The average molecular weight is 601 g/mol. The first-order valence-corrected chi connectivity index (χ1v) is 15.9. The molecule has 9 rings (SSSR count). The van der Waals surface area contributed by atoms with Crippen molar-refractivity contribution in [1.29, 1.82) is 0 Å². The highest BCUT2D eigenvalue weighted by Gasteiger charge is 3.01. The molecule has 0 aromatic heterocycles. The van der Waals surface area contributed by atoms with Crippen LogP contribution in [0.1, 0.15) is 60.3 Å². The van der Waals surface area contributed by atoms with Crippen molar-refractivity contribution in [2.24, 2.45) is 16.2 Å². The molecule has 5 unspecified atom stereocenters. The summed E-state index contributed by atoms with van der Waals surface area (Å²) in [5.41, 5.74) is 12.9. The van der Waals surface area contributed by atoms with E-state index in [4.69, 9.17) is 28.9 Å². The van der Waals surface area contributed by atoms with E-state index in [-0.39, 0.29) is 34.8 Å². The number of alkyl halides is 2. The maximum Gasteiger partial charge on any atom is 0.233 e. The number of nitrogens with zero attached hydrogens (tertiary/aromatic N) is 2. The summed E-state index contributed by atoms with van der Waals surface area (Å²) in [5.74, 6) is 1.34. The van der Waals surface area contributed by atoms with Crippen LogP contribution in [-0.2, 0) is 16.0 Å². The van der Waals surface area contributed by atoms with Gasteiger partial charge in [0.05, 0.1) is 16.5 Å². The largest absolute Gasteiger partial charge is 0.508 e. The molecule has 0 saturated heterocycles. The second-order valence-corrected chi connectivity index (χ2v) is 14.1. The fourth-order valence-corrected chi connectivity index (χ4v) is 10.3. The molecule has 0 bridgehead atoms. The first kappa shape index (κ1) is 25.3. The van der Waals surface area contributed by atoms with Crippen LogP contribution in [0.5, 0.6) is 5.75 Å². The summed E-state index contributed by atoms with van der Waals surface area (Å²) >= 11 is 12.9. The summed E-state index contributed by atoms with van der Waals surface area (Å²) in [6.45, 7) is 3.12. The summed E-state index contributed by atoms with van der Waals surface area (Å²) in [6.07, 6.45) is 4.91. The molecule has 0 radical (unpaired) electrons. The molecule has 3 aromatic rings. The van der Waals surface area contributed by atoms with Gasteiger partial charge in [0.2, 0.25) is 11.8 Å². The Hall–Kier alpha value is -3.22. The Kier molecular flexibility index (Phi) is 4.72. The molecule has 42 heavy (non-hydrogen) atoms. The van der Waals surface area contributed by atoms with Crippen molar-refractivity contribution in [1.82, 2.24) is 0 Å². The summed E-state index contributed by atoms with van der Waals surface area (Å²) < 4.78 is 0. The Labute approximate surface area is 254 Å². The monoisotopic (exact) mass is 599 g/mol. The number of allylic oxidation sites excluding steroid dienone is 2. The molecular weight excluding hydrogens is 569 g/mol. The number of phenols is 1. The molecule has 2 aliphatic heterocycles. The van der Waals surface area contributed by atoms with Crippen molar-refractivity contribution in [2.75, 3.05) is 40.4 Å². The highest BCUT2D eigenvalue weighted by Crippen LogP contribution is 3.01. The lowest BCUT2D eigenvalue weighted by Crippen LogP contribution is -2.49. The van der Waals surface area contributed by atoms with E-state index in [9.17, 15) is 14.7 Å². The van der Waals surface area contributed by atoms with Gasteiger partial charge in [-0.3, -0.25) is 9.59 Å². The fraction of sp³-hybridized carbons (Fsp3) is 0.412. The highest BCUT2D eigenvalue weighted by atomic mass is 35.5. The average Bonchev–Trinajstić information content (AvgIpc) is 3.40. The van der Waals surface area contributed by atoms with Crippen LogP contribution in [0.4, 0.5) is 17.1 Å². The van der Waals surface area contributed by atoms with Gasteiger partial charge in [-0.15, -0.1) is 23.2 Å². The number of rotatable bonds is 4. The molecule has 2 heterocycles. The van der Waals surface area contributed by atoms with Gasteiger partial charge in [-0.05, 0) is 66.3 Å². The minimum absolute atomic E-state index is 0.0204. The van der Waals surface area contributed by atoms with Crippen molar-refractivity contribution in [3.63, 3.8) is 0 Å². The quantitative estimate of drug-likeness (QED) is 0.272. The third-order valence-electron chi connectivity index (χ3n) is 11.8. The zero-order valence-electron chi connectivity index (χ0n) is 23.3. The van der Waals surface area contributed by atoms with Crippen LogP contribution in [0.25, 0.3) is 16.3 Å². The lowest BCUT2D eigenvalue weighted by Gasteiger charge is -2.37. The van der Waals surface area contributed by atoms with E-state index in [1.165, 1.54) is 0 Å². The third-order valence-corrected chi connectivity index (χ3v) is 12.6.